The molecule has 0 aliphatic rings. The van der Waals surface area contributed by atoms with E-state index in [9.17, 15) is 13.5 Å². The highest BCUT2D eigenvalue weighted by atomic mass is 32.3. The maximum Gasteiger partial charge on any atom is 0.397 e. The van der Waals surface area contributed by atoms with Gasteiger partial charge in [0.15, 0.2) is 0 Å². The van der Waals surface area contributed by atoms with Crippen LogP contribution in [-0.2, 0) is 14.6 Å². The van der Waals surface area contributed by atoms with Crippen LogP contribution in [0.3, 0.4) is 0 Å². The monoisotopic (exact) mass is 274 g/mol. The molecule has 2 atom stereocenters. The number of aliphatic hydroxyl groups is 2. The molecule has 1 rings (SSSR count). The largest absolute Gasteiger partial charge is 0.397 e. The van der Waals surface area contributed by atoms with Crippen molar-refractivity contribution in [2.24, 2.45) is 0 Å². The van der Waals surface area contributed by atoms with Crippen molar-refractivity contribution in [3.63, 3.8) is 0 Å². The molecule has 7 heteroatoms. The Bertz CT molecular complexity index is 482. The van der Waals surface area contributed by atoms with Crippen LogP contribution in [0.2, 0.25) is 0 Å². The summed E-state index contributed by atoms with van der Waals surface area (Å²) in [6.07, 6.45) is -0.000628. The molecule has 6 nitrogen and oxygen atoms in total. The standard InChI is InChI=1S/C11H14O6S/c12-8-11(17-18(14,15)16)10(13)7-6-9-4-2-1-3-5-9/h1-7,10-13H,8H2,(H,14,15,16)/t10-,11+/m1/s1. The van der Waals surface area contributed by atoms with Crippen LogP contribution in [0, 0.1) is 0 Å². The molecule has 0 aliphatic carbocycles. The molecule has 0 saturated heterocycles. The Labute approximate surface area is 105 Å². The number of aliphatic hydroxyl groups excluding tert-OH is 2. The van der Waals surface area contributed by atoms with Crippen LogP contribution >= 0.6 is 0 Å². The highest BCUT2D eigenvalue weighted by molar-refractivity contribution is 7.80. The first-order valence-corrected chi connectivity index (χ1v) is 6.47. The van der Waals surface area contributed by atoms with Crippen LogP contribution in [0.1, 0.15) is 5.56 Å². The molecule has 0 unspecified atom stereocenters. The molecule has 0 bridgehead atoms. The van der Waals surface area contributed by atoms with Gasteiger partial charge >= 0.3 is 10.4 Å². The summed E-state index contributed by atoms with van der Waals surface area (Å²) in [4.78, 5) is 0. The van der Waals surface area contributed by atoms with Crippen molar-refractivity contribution in [3.8, 4) is 0 Å². The van der Waals surface area contributed by atoms with Crippen LogP contribution in [0.25, 0.3) is 6.08 Å². The van der Waals surface area contributed by atoms with Crippen molar-refractivity contribution >= 4 is 16.5 Å². The van der Waals surface area contributed by atoms with Gasteiger partial charge in [0.2, 0.25) is 0 Å². The first-order chi connectivity index (χ1) is 8.42. The zero-order chi connectivity index (χ0) is 13.6. The summed E-state index contributed by atoms with van der Waals surface area (Å²) in [6.45, 7) is -0.750. The van der Waals surface area contributed by atoms with Gasteiger partial charge in [-0.1, -0.05) is 42.5 Å². The van der Waals surface area contributed by atoms with Crippen molar-refractivity contribution in [2.45, 2.75) is 12.2 Å². The van der Waals surface area contributed by atoms with E-state index in [1.165, 1.54) is 6.08 Å². The lowest BCUT2D eigenvalue weighted by Gasteiger charge is -2.16. The molecule has 0 aromatic heterocycles. The number of rotatable bonds is 6. The third kappa shape index (κ3) is 5.39. The minimum absolute atomic E-state index is 0.750. The van der Waals surface area contributed by atoms with Gasteiger partial charge in [-0.2, -0.15) is 8.42 Å². The second kappa shape index (κ2) is 6.62. The summed E-state index contributed by atoms with van der Waals surface area (Å²) in [5.41, 5.74) is 0.792. The quantitative estimate of drug-likeness (QED) is 0.642. The molecule has 0 fully saturated rings. The molecule has 0 heterocycles. The Balaban J connectivity index is 2.68. The lowest BCUT2D eigenvalue weighted by molar-refractivity contribution is 0.0235. The average molecular weight is 274 g/mol. The molecule has 0 radical (unpaired) electrons. The SMILES string of the molecule is O=S(=O)(O)O[C@@H](CO)[C@H](O)C=Cc1ccccc1. The number of benzene rings is 1. The van der Waals surface area contributed by atoms with Crippen molar-refractivity contribution in [3.05, 3.63) is 42.0 Å². The topological polar surface area (TPSA) is 104 Å². The Kier molecular flexibility index (Phi) is 5.45. The second-order valence-electron chi connectivity index (χ2n) is 3.51. The summed E-state index contributed by atoms with van der Waals surface area (Å²) in [5, 5.41) is 18.4. The van der Waals surface area contributed by atoms with Crippen molar-refractivity contribution in [1.29, 1.82) is 0 Å². The Morgan fingerprint density at radius 1 is 1.28 bits per heavy atom. The third-order valence-corrected chi connectivity index (χ3v) is 2.58. The number of hydrogen-bond acceptors (Lipinski definition) is 5. The van der Waals surface area contributed by atoms with E-state index in [0.29, 0.717) is 0 Å². The summed E-state index contributed by atoms with van der Waals surface area (Å²) >= 11 is 0. The van der Waals surface area contributed by atoms with Crippen LogP contribution in [0.5, 0.6) is 0 Å². The molecule has 1 aromatic carbocycles. The molecule has 0 aliphatic heterocycles. The van der Waals surface area contributed by atoms with Crippen molar-refractivity contribution < 1.29 is 27.4 Å². The molecule has 1 aromatic rings. The fraction of sp³-hybridized carbons (Fsp3) is 0.273. The average Bonchev–Trinajstić information content (AvgIpc) is 2.33. The van der Waals surface area contributed by atoms with E-state index in [0.717, 1.165) is 5.56 Å². The molecule has 0 spiro atoms. The lowest BCUT2D eigenvalue weighted by atomic mass is 10.1. The molecule has 0 saturated carbocycles. The van der Waals surface area contributed by atoms with Crippen LogP contribution in [0.4, 0.5) is 0 Å². The van der Waals surface area contributed by atoms with E-state index in [-0.39, 0.29) is 0 Å². The van der Waals surface area contributed by atoms with Gasteiger partial charge in [0.25, 0.3) is 0 Å². The minimum atomic E-state index is -4.72. The van der Waals surface area contributed by atoms with E-state index < -0.39 is 29.2 Å². The van der Waals surface area contributed by atoms with Crippen molar-refractivity contribution in [1.82, 2.24) is 0 Å². The summed E-state index contributed by atoms with van der Waals surface area (Å²) < 4.78 is 33.5. The lowest BCUT2D eigenvalue weighted by Crippen LogP contribution is -2.33. The molecule has 18 heavy (non-hydrogen) atoms. The van der Waals surface area contributed by atoms with E-state index in [4.69, 9.17) is 9.66 Å². The van der Waals surface area contributed by atoms with Crippen LogP contribution < -0.4 is 0 Å². The summed E-state index contributed by atoms with van der Waals surface area (Å²) in [5.74, 6) is 0. The molecule has 3 N–H and O–H groups in total. The van der Waals surface area contributed by atoms with E-state index >= 15 is 0 Å². The van der Waals surface area contributed by atoms with Crippen LogP contribution in [-0.4, -0.2) is 42.0 Å². The Morgan fingerprint density at radius 2 is 1.89 bits per heavy atom. The van der Waals surface area contributed by atoms with E-state index in [1.54, 1.807) is 30.3 Å². The van der Waals surface area contributed by atoms with Gasteiger partial charge in [0.05, 0.1) is 6.61 Å². The fourth-order valence-electron chi connectivity index (χ4n) is 1.25. The van der Waals surface area contributed by atoms with Gasteiger partial charge in [0.1, 0.15) is 12.2 Å². The maximum absolute atomic E-state index is 10.5. The van der Waals surface area contributed by atoms with Crippen LogP contribution in [0.15, 0.2) is 36.4 Å². The van der Waals surface area contributed by atoms with E-state index in [2.05, 4.69) is 4.18 Å². The number of hydrogen-bond donors (Lipinski definition) is 3. The van der Waals surface area contributed by atoms with Gasteiger partial charge in [0, 0.05) is 0 Å². The van der Waals surface area contributed by atoms with Gasteiger partial charge in [-0.05, 0) is 5.56 Å². The summed E-state index contributed by atoms with van der Waals surface area (Å²) in [7, 11) is -4.72. The zero-order valence-electron chi connectivity index (χ0n) is 9.38. The molecule has 100 valence electrons. The maximum atomic E-state index is 10.5. The zero-order valence-corrected chi connectivity index (χ0v) is 10.2. The third-order valence-electron chi connectivity index (χ3n) is 2.09. The highest BCUT2D eigenvalue weighted by Crippen LogP contribution is 2.08. The molecule has 0 amide bonds. The predicted octanol–water partition coefficient (Wildman–Crippen LogP) is 0.241. The van der Waals surface area contributed by atoms with E-state index in [1.807, 2.05) is 6.07 Å². The summed E-state index contributed by atoms with van der Waals surface area (Å²) in [6, 6.07) is 8.97. The van der Waals surface area contributed by atoms with Crippen molar-refractivity contribution in [2.75, 3.05) is 6.61 Å². The Morgan fingerprint density at radius 3 is 2.39 bits per heavy atom. The minimum Gasteiger partial charge on any atom is -0.394 e. The van der Waals surface area contributed by atoms with Gasteiger partial charge in [-0.3, -0.25) is 4.55 Å². The van der Waals surface area contributed by atoms with Gasteiger partial charge in [-0.25, -0.2) is 4.18 Å². The normalized spacial score (nSPS) is 15.7. The molecular formula is C11H14O6S. The van der Waals surface area contributed by atoms with Gasteiger partial charge in [-0.15, -0.1) is 0 Å². The van der Waals surface area contributed by atoms with Gasteiger partial charge < -0.3 is 10.2 Å². The highest BCUT2D eigenvalue weighted by Gasteiger charge is 2.22. The predicted molar refractivity (Wildman–Crippen MR) is 65.0 cm³/mol. The Hall–Kier alpha value is -1.25. The molecular weight excluding hydrogens is 260 g/mol. The fourth-order valence-corrected chi connectivity index (χ4v) is 1.74. The smallest absolute Gasteiger partial charge is 0.394 e. The first kappa shape index (κ1) is 14.8. The first-order valence-electron chi connectivity index (χ1n) is 5.10. The second-order valence-corrected chi connectivity index (χ2v) is 4.55.